The molecule has 28 heavy (non-hydrogen) atoms. The molecule has 2 aromatic carbocycles. The van der Waals surface area contributed by atoms with E-state index in [9.17, 15) is 5.11 Å². The zero-order chi connectivity index (χ0) is 19.1. The van der Waals surface area contributed by atoms with E-state index in [1.807, 2.05) is 24.3 Å². The fourth-order valence-electron chi connectivity index (χ4n) is 3.19. The van der Waals surface area contributed by atoms with E-state index in [4.69, 9.17) is 0 Å². The van der Waals surface area contributed by atoms with Crippen LogP contribution in [0.4, 0.5) is 0 Å². The van der Waals surface area contributed by atoms with Gasteiger partial charge in [0.1, 0.15) is 0 Å². The third-order valence-corrected chi connectivity index (χ3v) is 4.65. The summed E-state index contributed by atoms with van der Waals surface area (Å²) in [6.45, 7) is 6.35. The monoisotopic (exact) mass is 492 g/mol. The Labute approximate surface area is 183 Å². The van der Waals surface area contributed by atoms with Crippen molar-refractivity contribution >= 4 is 40.8 Å². The second-order valence-corrected chi connectivity index (χ2v) is 6.66. The Bertz CT molecular complexity index is 920. The van der Waals surface area contributed by atoms with Crippen LogP contribution in [0.5, 0.6) is 0 Å². The van der Waals surface area contributed by atoms with E-state index >= 15 is 0 Å². The maximum absolute atomic E-state index is 9.46. The SMILES string of the molecule is CCNC(=NCc1ccccc1CO)NCCc1c[nH]c2cc(C)ccc12.I. The number of nitrogens with one attached hydrogen (secondary N) is 3. The van der Waals surface area contributed by atoms with Crippen LogP contribution in [0, 0.1) is 6.92 Å². The maximum Gasteiger partial charge on any atom is 0.191 e. The lowest BCUT2D eigenvalue weighted by atomic mass is 10.1. The third kappa shape index (κ3) is 5.72. The molecule has 1 heterocycles. The number of aromatic amines is 1. The molecular weight excluding hydrogens is 463 g/mol. The van der Waals surface area contributed by atoms with Gasteiger partial charge in [-0.05, 0) is 48.6 Å². The first kappa shape index (κ1) is 22.2. The Morgan fingerprint density at radius 2 is 1.86 bits per heavy atom. The number of aliphatic hydroxyl groups excluding tert-OH is 1. The summed E-state index contributed by atoms with van der Waals surface area (Å²) in [7, 11) is 0. The first-order valence-corrected chi connectivity index (χ1v) is 9.47. The maximum atomic E-state index is 9.46. The Morgan fingerprint density at radius 3 is 2.61 bits per heavy atom. The molecule has 4 N–H and O–H groups in total. The van der Waals surface area contributed by atoms with E-state index in [-0.39, 0.29) is 30.6 Å². The fourth-order valence-corrected chi connectivity index (χ4v) is 3.19. The van der Waals surface area contributed by atoms with E-state index in [0.29, 0.717) is 6.54 Å². The predicted molar refractivity (Wildman–Crippen MR) is 127 cm³/mol. The van der Waals surface area contributed by atoms with Gasteiger partial charge in [0.05, 0.1) is 13.2 Å². The number of H-pyrrole nitrogens is 1. The number of aliphatic imine (C=N–C) groups is 1. The highest BCUT2D eigenvalue weighted by molar-refractivity contribution is 14.0. The zero-order valence-electron chi connectivity index (χ0n) is 16.5. The molecule has 0 saturated carbocycles. The Hall–Kier alpha value is -2.06. The highest BCUT2D eigenvalue weighted by atomic mass is 127. The first-order chi connectivity index (χ1) is 13.2. The molecule has 0 amide bonds. The molecule has 0 aliphatic rings. The largest absolute Gasteiger partial charge is 0.392 e. The summed E-state index contributed by atoms with van der Waals surface area (Å²) < 4.78 is 0. The molecule has 0 aliphatic carbocycles. The number of fused-ring (bicyclic) bond motifs is 1. The smallest absolute Gasteiger partial charge is 0.191 e. The average molecular weight is 492 g/mol. The van der Waals surface area contributed by atoms with Gasteiger partial charge in [0.15, 0.2) is 5.96 Å². The minimum atomic E-state index is 0. The van der Waals surface area contributed by atoms with Crippen molar-refractivity contribution in [2.45, 2.75) is 33.4 Å². The van der Waals surface area contributed by atoms with Crippen molar-refractivity contribution in [3.63, 3.8) is 0 Å². The molecule has 0 spiro atoms. The predicted octanol–water partition coefficient (Wildman–Crippen LogP) is 3.88. The summed E-state index contributed by atoms with van der Waals surface area (Å²) in [5, 5.41) is 17.4. The molecule has 6 heteroatoms. The number of aliphatic hydroxyl groups is 1. The lowest BCUT2D eigenvalue weighted by molar-refractivity contribution is 0.280. The Morgan fingerprint density at radius 1 is 1.07 bits per heavy atom. The van der Waals surface area contributed by atoms with Crippen LogP contribution >= 0.6 is 24.0 Å². The topological polar surface area (TPSA) is 72.4 Å². The van der Waals surface area contributed by atoms with Gasteiger partial charge in [0.2, 0.25) is 0 Å². The molecule has 0 aliphatic heterocycles. The van der Waals surface area contributed by atoms with Crippen LogP contribution in [0.3, 0.4) is 0 Å². The minimum absolute atomic E-state index is 0. The molecule has 1 aromatic heterocycles. The van der Waals surface area contributed by atoms with Crippen LogP contribution in [0.1, 0.15) is 29.2 Å². The first-order valence-electron chi connectivity index (χ1n) is 9.47. The van der Waals surface area contributed by atoms with Crippen molar-refractivity contribution in [1.29, 1.82) is 0 Å². The number of hydrogen-bond acceptors (Lipinski definition) is 2. The van der Waals surface area contributed by atoms with E-state index in [1.165, 1.54) is 22.0 Å². The molecular formula is C22H29IN4O. The fraction of sp³-hybridized carbons (Fsp3) is 0.318. The highest BCUT2D eigenvalue weighted by Crippen LogP contribution is 2.19. The second kappa shape index (κ2) is 11.1. The number of aromatic nitrogens is 1. The van der Waals surface area contributed by atoms with Gasteiger partial charge in [-0.2, -0.15) is 0 Å². The van der Waals surface area contributed by atoms with Gasteiger partial charge in [-0.15, -0.1) is 24.0 Å². The molecule has 5 nitrogen and oxygen atoms in total. The van der Waals surface area contributed by atoms with Crippen molar-refractivity contribution in [2.75, 3.05) is 13.1 Å². The average Bonchev–Trinajstić information content (AvgIpc) is 3.08. The number of nitrogens with zero attached hydrogens (tertiary/aromatic N) is 1. The standard InChI is InChI=1S/C22H28N4O.HI/c1-3-23-22(26-13-17-6-4-5-7-19(17)15-27)24-11-10-18-14-25-21-12-16(2)8-9-20(18)21;/h4-9,12,14,25,27H,3,10-11,13,15H2,1-2H3,(H2,23,24,26);1H. The lowest BCUT2D eigenvalue weighted by Crippen LogP contribution is -2.38. The van der Waals surface area contributed by atoms with Crippen LogP contribution in [0.25, 0.3) is 10.9 Å². The summed E-state index contributed by atoms with van der Waals surface area (Å²) >= 11 is 0. The summed E-state index contributed by atoms with van der Waals surface area (Å²) in [6.07, 6.45) is 3.01. The molecule has 3 aromatic rings. The van der Waals surface area contributed by atoms with Gasteiger partial charge < -0.3 is 20.7 Å². The summed E-state index contributed by atoms with van der Waals surface area (Å²) in [5.74, 6) is 0.793. The van der Waals surface area contributed by atoms with Gasteiger partial charge in [0.25, 0.3) is 0 Å². The van der Waals surface area contributed by atoms with Crippen molar-refractivity contribution in [2.24, 2.45) is 4.99 Å². The number of aryl methyl sites for hydroxylation is 1. The van der Waals surface area contributed by atoms with Gasteiger partial charge in [-0.3, -0.25) is 0 Å². The van der Waals surface area contributed by atoms with Crippen molar-refractivity contribution in [3.8, 4) is 0 Å². The van der Waals surface area contributed by atoms with Gasteiger partial charge >= 0.3 is 0 Å². The molecule has 3 rings (SSSR count). The van der Waals surface area contributed by atoms with Crippen LogP contribution < -0.4 is 10.6 Å². The Balaban J connectivity index is 0.00000280. The van der Waals surface area contributed by atoms with Crippen molar-refractivity contribution < 1.29 is 5.11 Å². The summed E-state index contributed by atoms with van der Waals surface area (Å²) in [6, 6.07) is 14.4. The normalized spacial score (nSPS) is 11.3. The quantitative estimate of drug-likeness (QED) is 0.230. The Kier molecular flexibility index (Phi) is 8.79. The van der Waals surface area contributed by atoms with E-state index in [2.05, 4.69) is 58.9 Å². The lowest BCUT2D eigenvalue weighted by Gasteiger charge is -2.12. The molecule has 0 atom stereocenters. The number of rotatable bonds is 7. The van der Waals surface area contributed by atoms with Crippen LogP contribution in [-0.4, -0.2) is 29.1 Å². The summed E-state index contributed by atoms with van der Waals surface area (Å²) in [4.78, 5) is 8.01. The van der Waals surface area contributed by atoms with Gasteiger partial charge in [-0.25, -0.2) is 4.99 Å². The number of hydrogen-bond donors (Lipinski definition) is 4. The van der Waals surface area contributed by atoms with E-state index in [0.717, 1.165) is 36.6 Å². The number of benzene rings is 2. The molecule has 150 valence electrons. The molecule has 0 radical (unpaired) electrons. The van der Waals surface area contributed by atoms with Crippen molar-refractivity contribution in [3.05, 3.63) is 70.9 Å². The zero-order valence-corrected chi connectivity index (χ0v) is 18.8. The van der Waals surface area contributed by atoms with E-state index < -0.39 is 0 Å². The highest BCUT2D eigenvalue weighted by Gasteiger charge is 2.05. The molecule has 0 saturated heterocycles. The van der Waals surface area contributed by atoms with Crippen LogP contribution in [0.15, 0.2) is 53.7 Å². The molecule has 0 fully saturated rings. The minimum Gasteiger partial charge on any atom is -0.392 e. The van der Waals surface area contributed by atoms with E-state index in [1.54, 1.807) is 0 Å². The van der Waals surface area contributed by atoms with Crippen molar-refractivity contribution in [1.82, 2.24) is 15.6 Å². The molecule has 0 unspecified atom stereocenters. The van der Waals surface area contributed by atoms with Gasteiger partial charge in [-0.1, -0.05) is 36.4 Å². The number of halogens is 1. The summed E-state index contributed by atoms with van der Waals surface area (Å²) in [5.41, 5.74) is 5.72. The second-order valence-electron chi connectivity index (χ2n) is 6.66. The number of guanidine groups is 1. The van der Waals surface area contributed by atoms with Crippen LogP contribution in [-0.2, 0) is 19.6 Å². The van der Waals surface area contributed by atoms with Gasteiger partial charge in [0, 0.05) is 30.2 Å². The molecule has 0 bridgehead atoms. The van der Waals surface area contributed by atoms with Crippen LogP contribution in [0.2, 0.25) is 0 Å². The third-order valence-electron chi connectivity index (χ3n) is 4.65.